The van der Waals surface area contributed by atoms with Crippen molar-refractivity contribution in [3.05, 3.63) is 29.8 Å². The first kappa shape index (κ1) is 14.0. The van der Waals surface area contributed by atoms with E-state index in [1.54, 1.807) is 7.11 Å². The van der Waals surface area contributed by atoms with Crippen LogP contribution in [0.4, 0.5) is 0 Å². The van der Waals surface area contributed by atoms with Crippen LogP contribution in [0, 0.1) is 0 Å². The lowest BCUT2D eigenvalue weighted by Crippen LogP contribution is -2.47. The summed E-state index contributed by atoms with van der Waals surface area (Å²) in [5.74, 6) is 0.867. The van der Waals surface area contributed by atoms with Gasteiger partial charge in [-0.25, -0.2) is 0 Å². The highest BCUT2D eigenvalue weighted by Crippen LogP contribution is 2.17. The Balaban J connectivity index is 2.65. The van der Waals surface area contributed by atoms with Gasteiger partial charge < -0.3 is 15.2 Å². The Morgan fingerprint density at radius 1 is 1.29 bits per heavy atom. The van der Waals surface area contributed by atoms with Crippen molar-refractivity contribution in [1.82, 2.24) is 5.32 Å². The largest absolute Gasteiger partial charge is 0.497 e. The van der Waals surface area contributed by atoms with Gasteiger partial charge >= 0.3 is 0 Å². The average molecular weight is 237 g/mol. The smallest absolute Gasteiger partial charge is 0.119 e. The predicted molar refractivity (Wildman–Crippen MR) is 70.2 cm³/mol. The first-order valence-corrected chi connectivity index (χ1v) is 6.18. The number of methoxy groups -OCH3 is 1. The molecule has 1 aromatic rings. The molecule has 96 valence electrons. The number of hydrogen-bond donors (Lipinski definition) is 2. The molecule has 0 atom stereocenters. The minimum Gasteiger partial charge on any atom is -0.497 e. The molecule has 0 aliphatic carbocycles. The van der Waals surface area contributed by atoms with Crippen LogP contribution in [-0.4, -0.2) is 24.4 Å². The molecular formula is C14H23NO2. The van der Waals surface area contributed by atoms with E-state index in [1.165, 1.54) is 5.56 Å². The number of hydrogen-bond acceptors (Lipinski definition) is 3. The quantitative estimate of drug-likeness (QED) is 0.765. The molecule has 0 bridgehead atoms. The maximum Gasteiger partial charge on any atom is 0.119 e. The summed E-state index contributed by atoms with van der Waals surface area (Å²) < 4.78 is 5.19. The molecule has 1 rings (SSSR count). The summed E-state index contributed by atoms with van der Waals surface area (Å²) in [6, 6.07) is 7.99. The fraction of sp³-hybridized carbons (Fsp3) is 0.571. The molecule has 2 N–H and O–H groups in total. The third-order valence-corrected chi connectivity index (χ3v) is 3.46. The van der Waals surface area contributed by atoms with E-state index in [2.05, 4.69) is 25.2 Å². The Morgan fingerprint density at radius 3 is 2.53 bits per heavy atom. The summed E-state index contributed by atoms with van der Waals surface area (Å²) in [5, 5.41) is 12.9. The molecule has 0 radical (unpaired) electrons. The lowest BCUT2D eigenvalue weighted by Gasteiger charge is -2.31. The summed E-state index contributed by atoms with van der Waals surface area (Å²) >= 11 is 0. The van der Waals surface area contributed by atoms with E-state index >= 15 is 0 Å². The maximum atomic E-state index is 9.47. The molecule has 0 heterocycles. The molecule has 0 saturated heterocycles. The molecule has 0 spiro atoms. The number of aliphatic hydroxyl groups excluding tert-OH is 1. The zero-order valence-corrected chi connectivity index (χ0v) is 11.0. The minimum atomic E-state index is -0.164. The van der Waals surface area contributed by atoms with Crippen LogP contribution in [0.15, 0.2) is 24.3 Å². The van der Waals surface area contributed by atoms with Crippen molar-refractivity contribution >= 4 is 0 Å². The van der Waals surface area contributed by atoms with Crippen LogP contribution in [-0.2, 0) is 6.54 Å². The average Bonchev–Trinajstić information content (AvgIpc) is 2.41. The van der Waals surface area contributed by atoms with Gasteiger partial charge in [0.15, 0.2) is 0 Å². The second-order valence-electron chi connectivity index (χ2n) is 4.35. The number of aliphatic hydroxyl groups is 1. The summed E-state index contributed by atoms with van der Waals surface area (Å²) in [7, 11) is 1.67. The summed E-state index contributed by atoms with van der Waals surface area (Å²) in [4.78, 5) is 0. The zero-order valence-electron chi connectivity index (χ0n) is 11.0. The molecule has 1 aromatic carbocycles. The van der Waals surface area contributed by atoms with E-state index in [0.717, 1.165) is 25.1 Å². The number of ether oxygens (including phenoxy) is 1. The third-order valence-electron chi connectivity index (χ3n) is 3.46. The Bertz CT molecular complexity index is 326. The summed E-state index contributed by atoms with van der Waals surface area (Å²) in [6.45, 7) is 5.11. The van der Waals surface area contributed by atoms with Crippen LogP contribution in [0.1, 0.15) is 32.3 Å². The summed E-state index contributed by atoms with van der Waals surface area (Å²) in [6.07, 6.45) is 1.84. The molecule has 0 unspecified atom stereocenters. The van der Waals surface area contributed by atoms with Crippen LogP contribution in [0.3, 0.4) is 0 Å². The van der Waals surface area contributed by atoms with Crippen molar-refractivity contribution in [2.24, 2.45) is 0 Å². The lowest BCUT2D eigenvalue weighted by atomic mass is 9.93. The first-order valence-electron chi connectivity index (χ1n) is 6.18. The van der Waals surface area contributed by atoms with Crippen molar-refractivity contribution in [3.8, 4) is 5.75 Å². The van der Waals surface area contributed by atoms with E-state index in [0.29, 0.717) is 0 Å². The molecular weight excluding hydrogens is 214 g/mol. The van der Waals surface area contributed by atoms with Crippen LogP contribution in [0.5, 0.6) is 5.75 Å². The highest BCUT2D eigenvalue weighted by molar-refractivity contribution is 5.28. The van der Waals surface area contributed by atoms with Crippen LogP contribution in [0.25, 0.3) is 0 Å². The highest BCUT2D eigenvalue weighted by Gasteiger charge is 2.23. The van der Waals surface area contributed by atoms with E-state index < -0.39 is 0 Å². The molecule has 0 aliphatic heterocycles. The molecule has 3 heteroatoms. The molecule has 0 aromatic heterocycles. The normalized spacial score (nSPS) is 11.5. The predicted octanol–water partition coefficient (Wildman–Crippen LogP) is 2.34. The van der Waals surface area contributed by atoms with Gasteiger partial charge in [0.1, 0.15) is 5.75 Å². The van der Waals surface area contributed by atoms with Gasteiger partial charge in [0.25, 0.3) is 0 Å². The number of benzene rings is 1. The Morgan fingerprint density at radius 2 is 2.00 bits per heavy atom. The van der Waals surface area contributed by atoms with Gasteiger partial charge in [-0.15, -0.1) is 0 Å². The van der Waals surface area contributed by atoms with Gasteiger partial charge in [0.2, 0.25) is 0 Å². The molecule has 0 aliphatic rings. The van der Waals surface area contributed by atoms with Gasteiger partial charge in [-0.05, 0) is 30.5 Å². The lowest BCUT2D eigenvalue weighted by molar-refractivity contribution is 0.149. The third kappa shape index (κ3) is 3.72. The van der Waals surface area contributed by atoms with E-state index in [1.807, 2.05) is 18.2 Å². The van der Waals surface area contributed by atoms with E-state index in [-0.39, 0.29) is 12.1 Å². The molecule has 0 saturated carbocycles. The standard InChI is InChI=1S/C14H23NO2/c1-4-14(5-2,11-16)15-10-12-7-6-8-13(9-12)17-3/h6-9,15-16H,4-5,10-11H2,1-3H3. The van der Waals surface area contributed by atoms with Crippen molar-refractivity contribution in [2.45, 2.75) is 38.8 Å². The molecule has 17 heavy (non-hydrogen) atoms. The van der Waals surface area contributed by atoms with Gasteiger partial charge in [0, 0.05) is 12.1 Å². The molecule has 0 amide bonds. The van der Waals surface area contributed by atoms with Crippen molar-refractivity contribution in [1.29, 1.82) is 0 Å². The van der Waals surface area contributed by atoms with Crippen molar-refractivity contribution in [3.63, 3.8) is 0 Å². The highest BCUT2D eigenvalue weighted by atomic mass is 16.5. The van der Waals surface area contributed by atoms with E-state index in [9.17, 15) is 5.11 Å². The zero-order chi connectivity index (χ0) is 12.7. The van der Waals surface area contributed by atoms with Gasteiger partial charge in [-0.2, -0.15) is 0 Å². The summed E-state index contributed by atoms with van der Waals surface area (Å²) in [5.41, 5.74) is 1.01. The first-order chi connectivity index (χ1) is 8.19. The number of rotatable bonds is 7. The second-order valence-corrected chi connectivity index (χ2v) is 4.35. The van der Waals surface area contributed by atoms with Gasteiger partial charge in [-0.1, -0.05) is 26.0 Å². The minimum absolute atomic E-state index is 0.164. The van der Waals surface area contributed by atoms with Gasteiger partial charge in [-0.3, -0.25) is 0 Å². The topological polar surface area (TPSA) is 41.5 Å². The SMILES string of the molecule is CCC(CC)(CO)NCc1cccc(OC)c1. The maximum absolute atomic E-state index is 9.47. The van der Waals surface area contributed by atoms with Crippen LogP contribution < -0.4 is 10.1 Å². The van der Waals surface area contributed by atoms with Crippen molar-refractivity contribution in [2.75, 3.05) is 13.7 Å². The van der Waals surface area contributed by atoms with Gasteiger partial charge in [0.05, 0.1) is 13.7 Å². The fourth-order valence-electron chi connectivity index (χ4n) is 1.85. The Kier molecular flexibility index (Phi) is 5.45. The Labute approximate surface area is 104 Å². The second kappa shape index (κ2) is 6.62. The van der Waals surface area contributed by atoms with Crippen LogP contribution >= 0.6 is 0 Å². The van der Waals surface area contributed by atoms with E-state index in [4.69, 9.17) is 4.74 Å². The Hall–Kier alpha value is -1.06. The monoisotopic (exact) mass is 237 g/mol. The molecule has 3 nitrogen and oxygen atoms in total. The fourth-order valence-corrected chi connectivity index (χ4v) is 1.85. The van der Waals surface area contributed by atoms with Crippen LogP contribution in [0.2, 0.25) is 0 Å². The number of nitrogens with one attached hydrogen (secondary N) is 1. The van der Waals surface area contributed by atoms with Crippen molar-refractivity contribution < 1.29 is 9.84 Å². The molecule has 0 fully saturated rings.